The molecule has 0 saturated heterocycles. The maximum atomic E-state index is 12.0. The molecular weight excluding hydrogens is 356 g/mol. The van der Waals surface area contributed by atoms with Gasteiger partial charge in [0, 0.05) is 14.0 Å². The first-order valence-corrected chi connectivity index (χ1v) is 9.66. The Morgan fingerprint density at radius 2 is 1.11 bits per heavy atom. The predicted octanol–water partition coefficient (Wildman–Crippen LogP) is 1.92. The van der Waals surface area contributed by atoms with Gasteiger partial charge in [-0.25, -0.2) is 9.59 Å². The second-order valence-electron chi connectivity index (χ2n) is 7.04. The van der Waals surface area contributed by atoms with Crippen molar-refractivity contribution in [1.29, 1.82) is 0 Å². The summed E-state index contributed by atoms with van der Waals surface area (Å²) >= 11 is 0. The molecule has 154 valence electrons. The van der Waals surface area contributed by atoms with Crippen molar-refractivity contribution in [2.24, 2.45) is 0 Å². The lowest BCUT2D eigenvalue weighted by Crippen LogP contribution is -2.38. The van der Waals surface area contributed by atoms with Crippen LogP contribution in [0.5, 0.6) is 0 Å². The predicted molar refractivity (Wildman–Crippen MR) is 93.9 cm³/mol. The van der Waals surface area contributed by atoms with Crippen molar-refractivity contribution in [3.05, 3.63) is 0 Å². The average molecular weight is 386 g/mol. The molecule has 0 aromatic rings. The highest BCUT2D eigenvalue weighted by atomic mass is 16.6. The molecule has 0 aromatic carbocycles. The van der Waals surface area contributed by atoms with Crippen LogP contribution in [0.15, 0.2) is 0 Å². The van der Waals surface area contributed by atoms with Crippen LogP contribution in [-0.4, -0.2) is 62.6 Å². The highest BCUT2D eigenvalue weighted by Gasteiger charge is 2.31. The molecule has 2 saturated carbocycles. The summed E-state index contributed by atoms with van der Waals surface area (Å²) in [6.07, 6.45) is 5.62. The molecule has 0 radical (unpaired) electrons. The first-order chi connectivity index (χ1) is 13.0. The Hall–Kier alpha value is -1.67. The van der Waals surface area contributed by atoms with E-state index in [0.29, 0.717) is 12.8 Å². The Labute approximate surface area is 159 Å². The number of rotatable bonds is 8. The number of hydrogen-bond donors (Lipinski definition) is 0. The molecule has 0 aromatic heterocycles. The van der Waals surface area contributed by atoms with E-state index in [2.05, 4.69) is 0 Å². The summed E-state index contributed by atoms with van der Waals surface area (Å²) < 4.78 is 26.4. The van der Waals surface area contributed by atoms with Gasteiger partial charge in [0.1, 0.15) is 31.5 Å². The Kier molecular flexibility index (Phi) is 9.00. The van der Waals surface area contributed by atoms with E-state index in [-0.39, 0.29) is 31.4 Å². The molecule has 0 bridgehead atoms. The molecule has 0 spiro atoms. The monoisotopic (exact) mass is 386 g/mol. The zero-order valence-corrected chi connectivity index (χ0v) is 16.1. The van der Waals surface area contributed by atoms with E-state index in [1.54, 1.807) is 7.11 Å². The summed E-state index contributed by atoms with van der Waals surface area (Å²) in [6.45, 7) is 0.666. The quantitative estimate of drug-likeness (QED) is 0.461. The number of carbonyl (C=O) groups excluding carboxylic acids is 3. The van der Waals surface area contributed by atoms with Crippen LogP contribution in [0.2, 0.25) is 0 Å². The summed E-state index contributed by atoms with van der Waals surface area (Å²) in [4.78, 5) is 35.0. The molecule has 0 heterocycles. The molecule has 8 nitrogen and oxygen atoms in total. The molecule has 2 aliphatic rings. The van der Waals surface area contributed by atoms with Gasteiger partial charge in [0.2, 0.25) is 0 Å². The van der Waals surface area contributed by atoms with Crippen LogP contribution in [0.3, 0.4) is 0 Å². The zero-order chi connectivity index (χ0) is 19.6. The van der Waals surface area contributed by atoms with Gasteiger partial charge >= 0.3 is 17.9 Å². The normalized spacial score (nSPS) is 28.2. The van der Waals surface area contributed by atoms with Crippen LogP contribution in [0.1, 0.15) is 58.3 Å². The molecular formula is C19H30O8. The van der Waals surface area contributed by atoms with E-state index in [9.17, 15) is 14.4 Å². The third kappa shape index (κ3) is 7.46. The highest BCUT2D eigenvalue weighted by Crippen LogP contribution is 2.25. The van der Waals surface area contributed by atoms with Crippen molar-refractivity contribution in [3.63, 3.8) is 0 Å². The van der Waals surface area contributed by atoms with E-state index < -0.39 is 24.1 Å². The number of carbonyl (C=O) groups is 3. The van der Waals surface area contributed by atoms with Crippen molar-refractivity contribution in [3.8, 4) is 0 Å². The smallest absolute Gasteiger partial charge is 0.332 e. The molecule has 8 heteroatoms. The van der Waals surface area contributed by atoms with Gasteiger partial charge in [0.05, 0.1) is 6.10 Å². The summed E-state index contributed by atoms with van der Waals surface area (Å²) in [6, 6.07) is 0. The minimum absolute atomic E-state index is 0.0859. The first kappa shape index (κ1) is 21.6. The third-order valence-corrected chi connectivity index (χ3v) is 4.91. The van der Waals surface area contributed by atoms with Gasteiger partial charge in [0.25, 0.3) is 0 Å². The minimum atomic E-state index is -0.584. The van der Waals surface area contributed by atoms with Crippen LogP contribution < -0.4 is 0 Å². The molecule has 0 unspecified atom stereocenters. The SMILES string of the molecule is CO[C@H]1CCCC[C@@H]1OC(=O)COCC(=O)O[C@H]1CCCC[C@@H]1OC(C)=O. The number of esters is 3. The average Bonchev–Trinajstić information content (AvgIpc) is 2.63. The fourth-order valence-electron chi connectivity index (χ4n) is 3.64. The third-order valence-electron chi connectivity index (χ3n) is 4.91. The van der Waals surface area contributed by atoms with Gasteiger partial charge in [-0.2, -0.15) is 0 Å². The van der Waals surface area contributed by atoms with E-state index in [0.717, 1.165) is 38.5 Å². The zero-order valence-electron chi connectivity index (χ0n) is 16.1. The Morgan fingerprint density at radius 3 is 1.56 bits per heavy atom. The fraction of sp³-hybridized carbons (Fsp3) is 0.842. The van der Waals surface area contributed by atoms with Gasteiger partial charge in [0.15, 0.2) is 0 Å². The largest absolute Gasteiger partial charge is 0.459 e. The summed E-state index contributed by atoms with van der Waals surface area (Å²) in [5, 5.41) is 0. The topological polar surface area (TPSA) is 97.4 Å². The van der Waals surface area contributed by atoms with Crippen LogP contribution in [0.25, 0.3) is 0 Å². The molecule has 4 atom stereocenters. The molecule has 0 aliphatic heterocycles. The van der Waals surface area contributed by atoms with Crippen molar-refractivity contribution < 1.29 is 38.1 Å². The van der Waals surface area contributed by atoms with Crippen molar-refractivity contribution in [2.75, 3.05) is 20.3 Å². The lowest BCUT2D eigenvalue weighted by Gasteiger charge is -2.30. The number of methoxy groups -OCH3 is 1. The van der Waals surface area contributed by atoms with Crippen LogP contribution >= 0.6 is 0 Å². The number of hydrogen-bond acceptors (Lipinski definition) is 8. The van der Waals surface area contributed by atoms with E-state index in [1.807, 2.05) is 0 Å². The minimum Gasteiger partial charge on any atom is -0.459 e. The standard InChI is InChI=1S/C19H30O8/c1-13(20)25-16-9-5-6-10-17(16)27-19(22)12-24-11-18(21)26-15-8-4-3-7-14(15)23-2/h14-17H,3-12H2,1-2H3/t14-,15-,16-,17-/m0/s1. The van der Waals surface area contributed by atoms with Crippen molar-refractivity contribution in [2.45, 2.75) is 82.7 Å². The van der Waals surface area contributed by atoms with Crippen molar-refractivity contribution >= 4 is 17.9 Å². The summed E-state index contributed by atoms with van der Waals surface area (Å²) in [7, 11) is 1.61. The Morgan fingerprint density at radius 1 is 0.704 bits per heavy atom. The van der Waals surface area contributed by atoms with Gasteiger partial charge in [-0.1, -0.05) is 6.42 Å². The maximum Gasteiger partial charge on any atom is 0.332 e. The van der Waals surface area contributed by atoms with Gasteiger partial charge < -0.3 is 23.7 Å². The van der Waals surface area contributed by atoms with Crippen molar-refractivity contribution in [1.82, 2.24) is 0 Å². The molecule has 0 N–H and O–H groups in total. The Balaban J connectivity index is 1.67. The second kappa shape index (κ2) is 11.2. The van der Waals surface area contributed by atoms with Crippen LogP contribution in [-0.2, 0) is 38.1 Å². The maximum absolute atomic E-state index is 12.0. The lowest BCUT2D eigenvalue weighted by molar-refractivity contribution is -0.176. The van der Waals surface area contributed by atoms with Crippen LogP contribution in [0, 0.1) is 0 Å². The second-order valence-corrected chi connectivity index (χ2v) is 7.04. The molecule has 27 heavy (non-hydrogen) atoms. The van der Waals surface area contributed by atoms with E-state index in [1.165, 1.54) is 6.92 Å². The fourth-order valence-corrected chi connectivity index (χ4v) is 3.64. The molecule has 2 aliphatic carbocycles. The Bertz CT molecular complexity index is 506. The first-order valence-electron chi connectivity index (χ1n) is 9.66. The molecule has 2 rings (SSSR count). The van der Waals surface area contributed by atoms with E-state index >= 15 is 0 Å². The van der Waals surface area contributed by atoms with Crippen LogP contribution in [0.4, 0.5) is 0 Å². The van der Waals surface area contributed by atoms with E-state index in [4.69, 9.17) is 23.7 Å². The highest BCUT2D eigenvalue weighted by molar-refractivity contribution is 5.73. The number of ether oxygens (including phenoxy) is 5. The molecule has 2 fully saturated rings. The summed E-state index contributed by atoms with van der Waals surface area (Å²) in [5.74, 6) is -1.49. The van der Waals surface area contributed by atoms with Gasteiger partial charge in [-0.05, 0) is 44.9 Å². The van der Waals surface area contributed by atoms with Gasteiger partial charge in [-0.3, -0.25) is 4.79 Å². The summed E-state index contributed by atoms with van der Waals surface area (Å²) in [5.41, 5.74) is 0. The van der Waals surface area contributed by atoms with Gasteiger partial charge in [-0.15, -0.1) is 0 Å². The molecule has 0 amide bonds. The lowest BCUT2D eigenvalue weighted by atomic mass is 9.94.